The van der Waals surface area contributed by atoms with Crippen LogP contribution >= 0.6 is 0 Å². The first-order valence-electron chi connectivity index (χ1n) is 10.3. The molecule has 0 aromatic carbocycles. The van der Waals surface area contributed by atoms with Crippen LogP contribution in [-0.4, -0.2) is 72.1 Å². The third-order valence-electron chi connectivity index (χ3n) is 5.93. The molecule has 0 unspecified atom stereocenters. The van der Waals surface area contributed by atoms with Crippen LogP contribution in [0.4, 0.5) is 0 Å². The SMILES string of the molecule is Cc1c(S(=O)(=O)N2CCC[C@H](C(=O)N[C@H](C)CN3CCCCC3)C2)cnn1C. The standard InChI is InChI=1S/C19H33N5O3S/c1-15(13-23-9-5-4-6-10-23)21-19(25)17-8-7-11-24(14-17)28(26,27)18-12-20-22(3)16(18)2/h12,15,17H,4-11,13-14H2,1-3H3,(H,21,25)/t15-,17+/m1/s1. The highest BCUT2D eigenvalue weighted by atomic mass is 32.2. The van der Waals surface area contributed by atoms with E-state index in [-0.39, 0.29) is 29.3 Å². The van der Waals surface area contributed by atoms with Gasteiger partial charge in [0.15, 0.2) is 0 Å². The number of carbonyl (C=O) groups is 1. The Morgan fingerprint density at radius 3 is 2.61 bits per heavy atom. The van der Waals surface area contributed by atoms with Crippen LogP contribution < -0.4 is 5.32 Å². The number of aryl methyl sites for hydroxylation is 1. The molecule has 3 rings (SSSR count). The molecule has 28 heavy (non-hydrogen) atoms. The fourth-order valence-corrected chi connectivity index (χ4v) is 5.89. The summed E-state index contributed by atoms with van der Waals surface area (Å²) in [5.74, 6) is -0.336. The second-order valence-electron chi connectivity index (χ2n) is 8.19. The number of carbonyl (C=O) groups excluding carboxylic acids is 1. The van der Waals surface area contributed by atoms with Gasteiger partial charge in [0.2, 0.25) is 15.9 Å². The van der Waals surface area contributed by atoms with Gasteiger partial charge in [-0.25, -0.2) is 8.42 Å². The van der Waals surface area contributed by atoms with Crippen LogP contribution in [0.15, 0.2) is 11.1 Å². The van der Waals surface area contributed by atoms with Gasteiger partial charge in [-0.3, -0.25) is 9.48 Å². The van der Waals surface area contributed by atoms with E-state index < -0.39 is 10.0 Å². The molecule has 1 amide bonds. The van der Waals surface area contributed by atoms with E-state index in [4.69, 9.17) is 0 Å². The average Bonchev–Trinajstić information content (AvgIpc) is 3.02. The number of sulfonamides is 1. The Bertz CT molecular complexity index is 785. The fraction of sp³-hybridized carbons (Fsp3) is 0.789. The van der Waals surface area contributed by atoms with Crippen molar-refractivity contribution >= 4 is 15.9 Å². The molecule has 9 heteroatoms. The maximum Gasteiger partial charge on any atom is 0.246 e. The lowest BCUT2D eigenvalue weighted by Gasteiger charge is -2.33. The maximum atomic E-state index is 13.0. The highest BCUT2D eigenvalue weighted by Crippen LogP contribution is 2.25. The smallest absolute Gasteiger partial charge is 0.246 e. The van der Waals surface area contributed by atoms with Gasteiger partial charge in [-0.15, -0.1) is 0 Å². The summed E-state index contributed by atoms with van der Waals surface area (Å²) in [5, 5.41) is 7.16. The molecule has 2 atom stereocenters. The van der Waals surface area contributed by atoms with E-state index >= 15 is 0 Å². The number of hydrogen-bond acceptors (Lipinski definition) is 5. The van der Waals surface area contributed by atoms with Gasteiger partial charge in [-0.1, -0.05) is 6.42 Å². The Hall–Kier alpha value is -1.45. The second kappa shape index (κ2) is 8.92. The van der Waals surface area contributed by atoms with Gasteiger partial charge in [0.05, 0.1) is 17.8 Å². The molecule has 0 bridgehead atoms. The number of amides is 1. The van der Waals surface area contributed by atoms with E-state index in [9.17, 15) is 13.2 Å². The lowest BCUT2D eigenvalue weighted by atomic mass is 9.98. The number of rotatable bonds is 6. The predicted octanol–water partition coefficient (Wildman–Crippen LogP) is 1.12. The normalized spacial score (nSPS) is 23.5. The van der Waals surface area contributed by atoms with E-state index in [1.54, 1.807) is 18.7 Å². The Morgan fingerprint density at radius 1 is 1.25 bits per heavy atom. The third kappa shape index (κ3) is 4.75. The van der Waals surface area contributed by atoms with E-state index in [0.717, 1.165) is 26.1 Å². The van der Waals surface area contributed by atoms with Crippen molar-refractivity contribution in [1.82, 2.24) is 24.3 Å². The summed E-state index contributed by atoms with van der Waals surface area (Å²) in [6.07, 6.45) is 6.56. The molecule has 8 nitrogen and oxygen atoms in total. The van der Waals surface area contributed by atoms with Gasteiger partial charge in [-0.05, 0) is 52.6 Å². The maximum absolute atomic E-state index is 13.0. The molecular weight excluding hydrogens is 378 g/mol. The number of nitrogens with zero attached hydrogens (tertiary/aromatic N) is 4. The topological polar surface area (TPSA) is 87.5 Å². The molecule has 2 saturated heterocycles. The van der Waals surface area contributed by atoms with Crippen LogP contribution in [0.1, 0.15) is 44.7 Å². The van der Waals surface area contributed by atoms with Crippen molar-refractivity contribution in [2.24, 2.45) is 13.0 Å². The lowest BCUT2D eigenvalue weighted by Crippen LogP contribution is -2.49. The van der Waals surface area contributed by atoms with Crippen molar-refractivity contribution in [2.75, 3.05) is 32.7 Å². The minimum absolute atomic E-state index is 0.0349. The average molecular weight is 412 g/mol. The second-order valence-corrected chi connectivity index (χ2v) is 10.1. The van der Waals surface area contributed by atoms with Gasteiger partial charge in [0.25, 0.3) is 0 Å². The molecular formula is C19H33N5O3S. The van der Waals surface area contributed by atoms with Gasteiger partial charge >= 0.3 is 0 Å². The summed E-state index contributed by atoms with van der Waals surface area (Å²) in [5.41, 5.74) is 0.613. The number of likely N-dealkylation sites (tertiary alicyclic amines) is 1. The fourth-order valence-electron chi connectivity index (χ4n) is 4.18. The van der Waals surface area contributed by atoms with Gasteiger partial charge in [0.1, 0.15) is 4.90 Å². The van der Waals surface area contributed by atoms with Crippen LogP contribution in [-0.2, 0) is 21.9 Å². The highest BCUT2D eigenvalue weighted by Gasteiger charge is 2.35. The number of nitrogens with one attached hydrogen (secondary N) is 1. The van der Waals surface area contributed by atoms with E-state index in [0.29, 0.717) is 18.7 Å². The molecule has 1 N–H and O–H groups in total. The van der Waals surface area contributed by atoms with Gasteiger partial charge in [0, 0.05) is 32.7 Å². The van der Waals surface area contributed by atoms with Gasteiger partial charge < -0.3 is 10.2 Å². The van der Waals surface area contributed by atoms with Gasteiger partial charge in [-0.2, -0.15) is 9.40 Å². The summed E-state index contributed by atoms with van der Waals surface area (Å²) < 4.78 is 29.0. The third-order valence-corrected chi connectivity index (χ3v) is 7.90. The Labute approximate surface area is 168 Å². The summed E-state index contributed by atoms with van der Waals surface area (Å²) in [4.78, 5) is 15.4. The minimum Gasteiger partial charge on any atom is -0.352 e. The largest absolute Gasteiger partial charge is 0.352 e. The summed E-state index contributed by atoms with van der Waals surface area (Å²) in [7, 11) is -1.90. The molecule has 1 aromatic heterocycles. The van der Waals surface area contributed by atoms with Crippen LogP contribution in [0.5, 0.6) is 0 Å². The first kappa shape index (κ1) is 21.3. The zero-order valence-corrected chi connectivity index (χ0v) is 18.0. The van der Waals surface area contributed by atoms with Crippen molar-refractivity contribution in [3.05, 3.63) is 11.9 Å². The first-order valence-corrected chi connectivity index (χ1v) is 11.7. The van der Waals surface area contributed by atoms with Crippen molar-refractivity contribution in [2.45, 2.75) is 56.9 Å². The molecule has 0 aliphatic carbocycles. The van der Waals surface area contributed by atoms with Crippen LogP contribution in [0.2, 0.25) is 0 Å². The number of piperidine rings is 2. The first-order chi connectivity index (χ1) is 13.3. The van der Waals surface area contributed by atoms with E-state index in [1.165, 1.54) is 29.8 Å². The Kier molecular flexibility index (Phi) is 6.77. The molecule has 0 spiro atoms. The zero-order chi connectivity index (χ0) is 20.3. The molecule has 1 aromatic rings. The molecule has 2 aliphatic rings. The Morgan fingerprint density at radius 2 is 1.96 bits per heavy atom. The molecule has 0 saturated carbocycles. The Balaban J connectivity index is 1.59. The van der Waals surface area contributed by atoms with Crippen LogP contribution in [0.3, 0.4) is 0 Å². The van der Waals surface area contributed by atoms with E-state index in [1.807, 2.05) is 6.92 Å². The van der Waals surface area contributed by atoms with E-state index in [2.05, 4.69) is 15.3 Å². The molecule has 0 radical (unpaired) electrons. The molecule has 158 valence electrons. The molecule has 2 aliphatic heterocycles. The van der Waals surface area contributed by atoms with Crippen LogP contribution in [0, 0.1) is 12.8 Å². The quantitative estimate of drug-likeness (QED) is 0.758. The summed E-state index contributed by atoms with van der Waals surface area (Å²) in [6.45, 7) is 7.51. The lowest BCUT2D eigenvalue weighted by molar-refractivity contribution is -0.126. The van der Waals surface area contributed by atoms with Crippen molar-refractivity contribution in [1.29, 1.82) is 0 Å². The monoisotopic (exact) mass is 411 g/mol. The summed E-state index contributed by atoms with van der Waals surface area (Å²) >= 11 is 0. The molecule has 2 fully saturated rings. The predicted molar refractivity (Wildman–Crippen MR) is 107 cm³/mol. The van der Waals surface area contributed by atoms with Crippen LogP contribution in [0.25, 0.3) is 0 Å². The molecule has 3 heterocycles. The van der Waals surface area contributed by atoms with Crippen molar-refractivity contribution < 1.29 is 13.2 Å². The van der Waals surface area contributed by atoms with Crippen molar-refractivity contribution in [3.8, 4) is 0 Å². The number of hydrogen-bond donors (Lipinski definition) is 1. The highest BCUT2D eigenvalue weighted by molar-refractivity contribution is 7.89. The number of aromatic nitrogens is 2. The minimum atomic E-state index is -3.63. The zero-order valence-electron chi connectivity index (χ0n) is 17.2. The summed E-state index contributed by atoms with van der Waals surface area (Å²) in [6, 6.07) is 0.0677. The van der Waals surface area contributed by atoms with Crippen molar-refractivity contribution in [3.63, 3.8) is 0 Å².